The zero-order chi connectivity index (χ0) is 25.1. The highest BCUT2D eigenvalue weighted by Crippen LogP contribution is 2.40. The van der Waals surface area contributed by atoms with E-state index in [0.717, 1.165) is 5.57 Å². The van der Waals surface area contributed by atoms with Crippen molar-refractivity contribution in [1.82, 2.24) is 0 Å². The molecule has 1 aliphatic carbocycles. The molecule has 0 fully saturated rings. The number of benzene rings is 1. The highest BCUT2D eigenvalue weighted by Gasteiger charge is 2.26. The molecule has 0 saturated heterocycles. The van der Waals surface area contributed by atoms with Crippen LogP contribution < -0.4 is 10.1 Å². The quantitative estimate of drug-likeness (QED) is 0.188. The number of nitrogens with one attached hydrogen (secondary N) is 1. The van der Waals surface area contributed by atoms with E-state index in [0.29, 0.717) is 11.4 Å². The summed E-state index contributed by atoms with van der Waals surface area (Å²) in [6, 6.07) is 6.64. The molecule has 0 saturated carbocycles. The summed E-state index contributed by atoms with van der Waals surface area (Å²) in [6.45, 7) is 12.4. The third-order valence-electron chi connectivity index (χ3n) is 5.76. The van der Waals surface area contributed by atoms with Gasteiger partial charge in [-0.2, -0.15) is 0 Å². The lowest BCUT2D eigenvalue weighted by atomic mass is 9.72. The number of hydrogen-bond acceptors (Lipinski definition) is 3. The third-order valence-corrected chi connectivity index (χ3v) is 5.76. The number of rotatable bonds is 8. The zero-order valence-corrected chi connectivity index (χ0v) is 21.3. The number of amides is 1. The zero-order valence-electron chi connectivity index (χ0n) is 21.3. The minimum Gasteiger partial charge on any atom is -0.423 e. The van der Waals surface area contributed by atoms with Gasteiger partial charge in [-0.3, -0.25) is 4.79 Å². The van der Waals surface area contributed by atoms with Crippen LogP contribution in [0, 0.1) is 5.41 Å². The monoisotopic (exact) mass is 459 g/mol. The molecule has 34 heavy (non-hydrogen) atoms. The predicted octanol–water partition coefficient (Wildman–Crippen LogP) is 7.64. The summed E-state index contributed by atoms with van der Waals surface area (Å²) in [7, 11) is 0. The number of esters is 1. The van der Waals surface area contributed by atoms with Gasteiger partial charge in [0, 0.05) is 18.7 Å². The Labute approximate surface area is 204 Å². The maximum atomic E-state index is 12.0. The fourth-order valence-corrected chi connectivity index (χ4v) is 3.93. The van der Waals surface area contributed by atoms with Crippen LogP contribution in [0.15, 0.2) is 95.2 Å². The van der Waals surface area contributed by atoms with E-state index in [1.54, 1.807) is 30.3 Å². The summed E-state index contributed by atoms with van der Waals surface area (Å²) in [5.41, 5.74) is 6.07. The van der Waals surface area contributed by atoms with Gasteiger partial charge in [-0.15, -0.1) is 0 Å². The van der Waals surface area contributed by atoms with Gasteiger partial charge in [-0.05, 0) is 75.3 Å². The summed E-state index contributed by atoms with van der Waals surface area (Å²) >= 11 is 0. The number of hydrogen-bond donors (Lipinski definition) is 1. The molecular weight excluding hydrogens is 422 g/mol. The first-order valence-electron chi connectivity index (χ1n) is 11.7. The lowest BCUT2D eigenvalue weighted by Gasteiger charge is -2.32. The highest BCUT2D eigenvalue weighted by atomic mass is 16.5. The minimum atomic E-state index is -0.462. The average Bonchev–Trinajstić information content (AvgIpc) is 2.74. The molecule has 0 bridgehead atoms. The van der Waals surface area contributed by atoms with Crippen molar-refractivity contribution in [3.63, 3.8) is 0 Å². The summed E-state index contributed by atoms with van der Waals surface area (Å²) < 4.78 is 5.26. The van der Waals surface area contributed by atoms with E-state index >= 15 is 0 Å². The summed E-state index contributed by atoms with van der Waals surface area (Å²) in [6.07, 6.45) is 19.2. The van der Waals surface area contributed by atoms with Crippen molar-refractivity contribution >= 4 is 17.6 Å². The Bertz CT molecular complexity index is 1060. The van der Waals surface area contributed by atoms with Gasteiger partial charge >= 0.3 is 5.97 Å². The summed E-state index contributed by atoms with van der Waals surface area (Å²) in [5, 5.41) is 2.67. The Balaban J connectivity index is 1.87. The maximum Gasteiger partial charge on any atom is 0.336 e. The molecule has 1 amide bonds. The molecule has 0 aliphatic heterocycles. The molecule has 180 valence electrons. The smallest absolute Gasteiger partial charge is 0.336 e. The molecular formula is C30H37NO3. The van der Waals surface area contributed by atoms with Gasteiger partial charge in [-0.25, -0.2) is 4.79 Å². The maximum absolute atomic E-state index is 12.0. The van der Waals surface area contributed by atoms with Crippen molar-refractivity contribution in [2.75, 3.05) is 5.32 Å². The Morgan fingerprint density at radius 3 is 2.18 bits per heavy atom. The SMILES string of the molecule is CC(=O)Nc1ccc(OC(=O)/C=C/C=C(C)/C=C/C=C(C)/C=C/C2=C(C)CCCC2(C)C)cc1. The minimum absolute atomic E-state index is 0.151. The van der Waals surface area contributed by atoms with Crippen LogP contribution in [-0.4, -0.2) is 11.9 Å². The normalized spacial score (nSPS) is 17.1. The number of carbonyl (C=O) groups is 2. The number of allylic oxidation sites excluding steroid dienone is 11. The Morgan fingerprint density at radius 2 is 1.56 bits per heavy atom. The highest BCUT2D eigenvalue weighted by molar-refractivity contribution is 5.89. The molecule has 0 spiro atoms. The molecule has 1 N–H and O–H groups in total. The first-order chi connectivity index (χ1) is 16.1. The van der Waals surface area contributed by atoms with Gasteiger partial charge in [0.05, 0.1) is 0 Å². The second-order valence-electron chi connectivity index (χ2n) is 9.43. The lowest BCUT2D eigenvalue weighted by molar-refractivity contribution is -0.129. The van der Waals surface area contributed by atoms with Crippen LogP contribution in [-0.2, 0) is 9.59 Å². The summed E-state index contributed by atoms with van der Waals surface area (Å²) in [4.78, 5) is 23.0. The van der Waals surface area contributed by atoms with Gasteiger partial charge in [-0.1, -0.05) is 73.1 Å². The van der Waals surface area contributed by atoms with Gasteiger partial charge in [0.25, 0.3) is 0 Å². The van der Waals surface area contributed by atoms with E-state index in [-0.39, 0.29) is 11.3 Å². The van der Waals surface area contributed by atoms with Crippen LogP contribution in [0.2, 0.25) is 0 Å². The van der Waals surface area contributed by atoms with Crippen molar-refractivity contribution in [2.24, 2.45) is 5.41 Å². The molecule has 4 nitrogen and oxygen atoms in total. The van der Waals surface area contributed by atoms with E-state index < -0.39 is 5.97 Å². The van der Waals surface area contributed by atoms with Gasteiger partial charge < -0.3 is 10.1 Å². The van der Waals surface area contributed by atoms with Crippen molar-refractivity contribution in [2.45, 2.75) is 60.8 Å². The first kappa shape index (κ1) is 26.8. The Morgan fingerprint density at radius 1 is 0.941 bits per heavy atom. The summed E-state index contributed by atoms with van der Waals surface area (Å²) in [5.74, 6) is -0.195. The molecule has 1 aromatic rings. The van der Waals surface area contributed by atoms with Crippen LogP contribution >= 0.6 is 0 Å². The van der Waals surface area contributed by atoms with Crippen LogP contribution in [0.25, 0.3) is 0 Å². The van der Waals surface area contributed by atoms with Crippen molar-refractivity contribution in [3.05, 3.63) is 95.2 Å². The molecule has 0 radical (unpaired) electrons. The molecule has 4 heteroatoms. The molecule has 0 aromatic heterocycles. The van der Waals surface area contributed by atoms with Crippen molar-refractivity contribution in [1.29, 1.82) is 0 Å². The Kier molecular flexibility index (Phi) is 10.1. The van der Waals surface area contributed by atoms with E-state index in [4.69, 9.17) is 4.74 Å². The second-order valence-corrected chi connectivity index (χ2v) is 9.43. The lowest BCUT2D eigenvalue weighted by Crippen LogP contribution is -2.19. The van der Waals surface area contributed by atoms with E-state index in [1.165, 1.54) is 49.0 Å². The third kappa shape index (κ3) is 9.22. The van der Waals surface area contributed by atoms with E-state index in [9.17, 15) is 9.59 Å². The molecule has 1 aromatic carbocycles. The van der Waals surface area contributed by atoms with Crippen LogP contribution in [0.4, 0.5) is 5.69 Å². The van der Waals surface area contributed by atoms with Crippen molar-refractivity contribution in [3.8, 4) is 5.75 Å². The number of anilines is 1. The van der Waals surface area contributed by atoms with Gasteiger partial charge in [0.2, 0.25) is 5.91 Å². The van der Waals surface area contributed by atoms with Gasteiger partial charge in [0.15, 0.2) is 0 Å². The molecule has 1 aliphatic rings. The average molecular weight is 460 g/mol. The fraction of sp³-hybridized carbons (Fsp3) is 0.333. The molecule has 0 heterocycles. The fourth-order valence-electron chi connectivity index (χ4n) is 3.93. The van der Waals surface area contributed by atoms with Crippen LogP contribution in [0.5, 0.6) is 5.75 Å². The Hall–Kier alpha value is -3.40. The molecule has 2 rings (SSSR count). The number of carbonyl (C=O) groups excluding carboxylic acids is 2. The van der Waals surface area contributed by atoms with Crippen LogP contribution in [0.1, 0.15) is 60.8 Å². The van der Waals surface area contributed by atoms with Crippen LogP contribution in [0.3, 0.4) is 0 Å². The van der Waals surface area contributed by atoms with E-state index in [1.807, 2.05) is 25.2 Å². The first-order valence-corrected chi connectivity index (χ1v) is 11.7. The standard InChI is InChI=1S/C30H37NO3/c1-22(10-7-11-23(2)15-20-28-24(3)13-9-21-30(28,5)6)12-8-14-29(33)34-27-18-16-26(17-19-27)31-25(4)32/h7-8,10-12,14-20H,9,13,21H2,1-6H3,(H,31,32)/b10-7+,14-8+,20-15+,22-12+,23-11+. The largest absolute Gasteiger partial charge is 0.423 e. The predicted molar refractivity (Wildman–Crippen MR) is 142 cm³/mol. The molecule has 0 unspecified atom stereocenters. The van der Waals surface area contributed by atoms with Gasteiger partial charge in [0.1, 0.15) is 5.75 Å². The number of ether oxygens (including phenoxy) is 1. The van der Waals surface area contributed by atoms with Crippen molar-refractivity contribution < 1.29 is 14.3 Å². The van der Waals surface area contributed by atoms with E-state index in [2.05, 4.69) is 51.2 Å². The topological polar surface area (TPSA) is 55.4 Å². The second kappa shape index (κ2) is 12.7. The molecule has 0 atom stereocenters.